The standard InChI is InChI=1S/C49H29F2N3/c50-36-25-35(26-37(51)29-36)38-21-24-48(53-44-17-9-7-15-39(44)41-27-33(19-22-46(41)53)31-11-3-1-4-12-31)43(30-52)49(38)54-45-18-10-8-16-40(45)42-28-34(20-23-47(42)54)32-13-5-2-6-14-32/h1-29H. The Kier molecular flexibility index (Phi) is 7.24. The van der Waals surface area contributed by atoms with E-state index in [1.165, 1.54) is 12.1 Å². The smallest absolute Gasteiger partial charge is 0.126 e. The molecule has 10 aromatic rings. The Labute approximate surface area is 309 Å². The van der Waals surface area contributed by atoms with Gasteiger partial charge in [-0.15, -0.1) is 0 Å². The normalized spacial score (nSPS) is 11.5. The van der Waals surface area contributed by atoms with Crippen LogP contribution in [0.2, 0.25) is 0 Å². The zero-order valence-electron chi connectivity index (χ0n) is 28.8. The van der Waals surface area contributed by atoms with Gasteiger partial charge in [-0.3, -0.25) is 0 Å². The lowest BCUT2D eigenvalue weighted by Gasteiger charge is -2.20. The number of rotatable bonds is 5. The molecule has 0 saturated carbocycles. The molecule has 3 nitrogen and oxygen atoms in total. The summed E-state index contributed by atoms with van der Waals surface area (Å²) in [6, 6.07) is 59.5. The van der Waals surface area contributed by atoms with Crippen molar-refractivity contribution in [3.8, 4) is 50.8 Å². The molecule has 8 aromatic carbocycles. The van der Waals surface area contributed by atoms with Gasteiger partial charge in [-0.1, -0.05) is 115 Å². The van der Waals surface area contributed by atoms with E-state index < -0.39 is 11.6 Å². The van der Waals surface area contributed by atoms with Gasteiger partial charge in [-0.2, -0.15) is 5.26 Å². The highest BCUT2D eigenvalue weighted by molar-refractivity contribution is 6.13. The fraction of sp³-hybridized carbons (Fsp3) is 0. The topological polar surface area (TPSA) is 33.6 Å². The third kappa shape index (κ3) is 4.92. The molecule has 0 spiro atoms. The molecule has 2 heterocycles. The molecule has 0 radical (unpaired) electrons. The molecule has 10 rings (SSSR count). The summed E-state index contributed by atoms with van der Waals surface area (Å²) >= 11 is 0. The number of para-hydroxylation sites is 2. The first-order valence-corrected chi connectivity index (χ1v) is 17.8. The summed E-state index contributed by atoms with van der Waals surface area (Å²) in [7, 11) is 0. The minimum Gasteiger partial charge on any atom is -0.308 e. The van der Waals surface area contributed by atoms with E-state index in [4.69, 9.17) is 0 Å². The van der Waals surface area contributed by atoms with Crippen molar-refractivity contribution in [3.05, 3.63) is 193 Å². The summed E-state index contributed by atoms with van der Waals surface area (Å²) < 4.78 is 34.2. The van der Waals surface area contributed by atoms with E-state index >= 15 is 0 Å². The molecule has 54 heavy (non-hydrogen) atoms. The summed E-state index contributed by atoms with van der Waals surface area (Å²) in [5.74, 6) is -1.38. The number of aromatic nitrogens is 2. The molecular weight excluding hydrogens is 669 g/mol. The van der Waals surface area contributed by atoms with Gasteiger partial charge in [0.2, 0.25) is 0 Å². The van der Waals surface area contributed by atoms with Crippen molar-refractivity contribution in [2.75, 3.05) is 0 Å². The second-order valence-electron chi connectivity index (χ2n) is 13.5. The maximum absolute atomic E-state index is 15.0. The number of nitriles is 1. The van der Waals surface area contributed by atoms with Gasteiger partial charge in [0, 0.05) is 33.2 Å². The summed E-state index contributed by atoms with van der Waals surface area (Å²) in [6.45, 7) is 0. The zero-order valence-corrected chi connectivity index (χ0v) is 28.8. The van der Waals surface area contributed by atoms with Gasteiger partial charge in [0.05, 0.1) is 33.4 Å². The van der Waals surface area contributed by atoms with E-state index in [1.807, 2.05) is 78.9 Å². The Morgan fingerprint density at radius 1 is 0.389 bits per heavy atom. The highest BCUT2D eigenvalue weighted by Crippen LogP contribution is 2.43. The first-order chi connectivity index (χ1) is 26.6. The molecule has 2 aromatic heterocycles. The maximum atomic E-state index is 15.0. The van der Waals surface area contributed by atoms with Crippen LogP contribution in [0.1, 0.15) is 5.56 Å². The van der Waals surface area contributed by atoms with Gasteiger partial charge in [-0.25, -0.2) is 8.78 Å². The van der Waals surface area contributed by atoms with Crippen molar-refractivity contribution in [1.29, 1.82) is 5.26 Å². The Hall–Kier alpha value is -7.29. The van der Waals surface area contributed by atoms with Gasteiger partial charge in [-0.05, 0) is 82.4 Å². The number of fused-ring (bicyclic) bond motifs is 6. The fourth-order valence-corrected chi connectivity index (χ4v) is 8.12. The largest absolute Gasteiger partial charge is 0.308 e. The molecule has 0 aliphatic rings. The Bertz CT molecular complexity index is 3110. The monoisotopic (exact) mass is 697 g/mol. The highest BCUT2D eigenvalue weighted by atomic mass is 19.1. The van der Waals surface area contributed by atoms with Crippen LogP contribution in [0, 0.1) is 23.0 Å². The lowest BCUT2D eigenvalue weighted by Crippen LogP contribution is -2.06. The van der Waals surface area contributed by atoms with Gasteiger partial charge in [0.25, 0.3) is 0 Å². The molecule has 0 atom stereocenters. The van der Waals surface area contributed by atoms with E-state index in [0.29, 0.717) is 28.1 Å². The predicted octanol–water partition coefficient (Wildman–Crippen LogP) is 13.0. The Morgan fingerprint density at radius 3 is 1.43 bits per heavy atom. The van der Waals surface area contributed by atoms with Crippen molar-refractivity contribution < 1.29 is 8.78 Å². The lowest BCUT2D eigenvalue weighted by molar-refractivity contribution is 0.584. The van der Waals surface area contributed by atoms with Gasteiger partial charge in [0.15, 0.2) is 0 Å². The molecule has 0 amide bonds. The molecule has 0 N–H and O–H groups in total. The number of hydrogen-bond acceptors (Lipinski definition) is 1. The molecule has 0 aliphatic heterocycles. The summed E-state index contributed by atoms with van der Waals surface area (Å²) in [5.41, 5.74) is 10.5. The lowest BCUT2D eigenvalue weighted by atomic mass is 9.97. The molecule has 0 unspecified atom stereocenters. The van der Waals surface area contributed by atoms with E-state index in [9.17, 15) is 14.0 Å². The Balaban J connectivity index is 1.32. The summed E-state index contributed by atoms with van der Waals surface area (Å²) in [5, 5.41) is 15.4. The van der Waals surface area contributed by atoms with Crippen LogP contribution in [-0.4, -0.2) is 9.13 Å². The molecule has 0 fully saturated rings. The van der Waals surface area contributed by atoms with Crippen LogP contribution in [-0.2, 0) is 0 Å². The van der Waals surface area contributed by atoms with E-state index in [2.05, 4.69) is 94.1 Å². The van der Waals surface area contributed by atoms with E-state index in [-0.39, 0.29) is 0 Å². The van der Waals surface area contributed by atoms with Crippen molar-refractivity contribution in [1.82, 2.24) is 9.13 Å². The molecule has 0 bridgehead atoms. The second-order valence-corrected chi connectivity index (χ2v) is 13.5. The minimum absolute atomic E-state index is 0.340. The van der Waals surface area contributed by atoms with Crippen molar-refractivity contribution >= 4 is 43.6 Å². The minimum atomic E-state index is -0.690. The van der Waals surface area contributed by atoms with Crippen LogP contribution in [0.3, 0.4) is 0 Å². The summed E-state index contributed by atoms with van der Waals surface area (Å²) in [4.78, 5) is 0. The second kappa shape index (κ2) is 12.4. The van der Waals surface area contributed by atoms with Crippen LogP contribution in [0.4, 0.5) is 8.78 Å². The average Bonchev–Trinajstić information content (AvgIpc) is 3.72. The SMILES string of the molecule is N#Cc1c(-n2c3ccccc3c3cc(-c4ccccc4)ccc32)ccc(-c2cc(F)cc(F)c2)c1-n1c2ccccc2c2cc(-c3ccccc3)ccc21. The van der Waals surface area contributed by atoms with E-state index in [0.717, 1.165) is 71.9 Å². The van der Waals surface area contributed by atoms with Crippen LogP contribution in [0.25, 0.3) is 88.4 Å². The number of nitrogens with zero attached hydrogens (tertiary/aromatic N) is 3. The van der Waals surface area contributed by atoms with Gasteiger partial charge < -0.3 is 9.13 Å². The zero-order chi connectivity index (χ0) is 36.3. The fourth-order valence-electron chi connectivity index (χ4n) is 8.12. The molecule has 0 saturated heterocycles. The third-order valence-corrected chi connectivity index (χ3v) is 10.5. The number of halogens is 2. The molecule has 254 valence electrons. The van der Waals surface area contributed by atoms with E-state index in [1.54, 1.807) is 0 Å². The number of hydrogen-bond donors (Lipinski definition) is 0. The molecule has 0 aliphatic carbocycles. The van der Waals surface area contributed by atoms with Gasteiger partial charge >= 0.3 is 0 Å². The predicted molar refractivity (Wildman–Crippen MR) is 216 cm³/mol. The average molecular weight is 698 g/mol. The van der Waals surface area contributed by atoms with Crippen molar-refractivity contribution in [2.24, 2.45) is 0 Å². The Morgan fingerprint density at radius 2 is 0.870 bits per heavy atom. The van der Waals surface area contributed by atoms with Gasteiger partial charge in [0.1, 0.15) is 23.3 Å². The van der Waals surface area contributed by atoms with Crippen molar-refractivity contribution in [2.45, 2.75) is 0 Å². The van der Waals surface area contributed by atoms with Crippen LogP contribution < -0.4 is 0 Å². The molecular formula is C49H29F2N3. The van der Waals surface area contributed by atoms with Crippen LogP contribution in [0.5, 0.6) is 0 Å². The third-order valence-electron chi connectivity index (χ3n) is 10.5. The molecule has 5 heteroatoms. The highest BCUT2D eigenvalue weighted by Gasteiger charge is 2.25. The maximum Gasteiger partial charge on any atom is 0.126 e. The quantitative estimate of drug-likeness (QED) is 0.176. The summed E-state index contributed by atoms with van der Waals surface area (Å²) in [6.07, 6.45) is 0. The van der Waals surface area contributed by atoms with Crippen LogP contribution >= 0.6 is 0 Å². The first kappa shape index (κ1) is 31.4. The van der Waals surface area contributed by atoms with Crippen molar-refractivity contribution in [3.63, 3.8) is 0 Å². The first-order valence-electron chi connectivity index (χ1n) is 17.8. The number of benzene rings is 8. The van der Waals surface area contributed by atoms with Crippen LogP contribution in [0.15, 0.2) is 176 Å².